The number of allylic oxidation sites excluding steroid dienone is 1. The van der Waals surface area contributed by atoms with Crippen LogP contribution in [0.5, 0.6) is 0 Å². The second kappa shape index (κ2) is 8.15. The molecular formula is C27H37NO2. The first-order chi connectivity index (χ1) is 14.5. The van der Waals surface area contributed by atoms with Crippen LogP contribution in [0.25, 0.3) is 0 Å². The van der Waals surface area contributed by atoms with Crippen molar-refractivity contribution in [3.63, 3.8) is 0 Å². The van der Waals surface area contributed by atoms with Crippen LogP contribution in [-0.2, 0) is 16.0 Å². The van der Waals surface area contributed by atoms with Crippen LogP contribution in [0.2, 0.25) is 0 Å². The maximum atomic E-state index is 12.8. The van der Waals surface area contributed by atoms with Gasteiger partial charge >= 0.3 is 5.97 Å². The second-order valence-corrected chi connectivity index (χ2v) is 10.8. The van der Waals surface area contributed by atoms with Gasteiger partial charge in [0, 0.05) is 12.5 Å². The van der Waals surface area contributed by atoms with Gasteiger partial charge in [-0.05, 0) is 74.4 Å². The second-order valence-electron chi connectivity index (χ2n) is 10.8. The zero-order chi connectivity index (χ0) is 20.7. The fraction of sp³-hybridized carbons (Fsp3) is 0.667. The van der Waals surface area contributed by atoms with Gasteiger partial charge in [0.1, 0.15) is 6.10 Å². The number of hydrogen-bond donors (Lipinski definition) is 0. The van der Waals surface area contributed by atoms with Crippen molar-refractivity contribution >= 4 is 5.97 Å². The summed E-state index contributed by atoms with van der Waals surface area (Å²) in [6.45, 7) is 7.90. The summed E-state index contributed by atoms with van der Waals surface area (Å²) < 4.78 is 5.96. The van der Waals surface area contributed by atoms with Crippen LogP contribution in [0.4, 0.5) is 0 Å². The highest BCUT2D eigenvalue weighted by atomic mass is 16.6. The van der Waals surface area contributed by atoms with E-state index in [0.29, 0.717) is 11.8 Å². The lowest BCUT2D eigenvalue weighted by molar-refractivity contribution is -0.145. The topological polar surface area (TPSA) is 29.5 Å². The SMILES string of the molecule is C[C@H]1CCC[C@]2(C)C[C@H]3OC(=O)[C@H](CN4CCC(Cc5ccccc5)CC4)[C@H]3C=C12. The van der Waals surface area contributed by atoms with Gasteiger partial charge in [-0.3, -0.25) is 4.79 Å². The summed E-state index contributed by atoms with van der Waals surface area (Å²) in [5.74, 6) is 1.82. The molecule has 30 heavy (non-hydrogen) atoms. The highest BCUT2D eigenvalue weighted by molar-refractivity contribution is 5.76. The van der Waals surface area contributed by atoms with Gasteiger partial charge in [0.15, 0.2) is 0 Å². The first kappa shape index (κ1) is 20.3. The number of benzene rings is 1. The maximum absolute atomic E-state index is 12.8. The normalized spacial score (nSPS) is 37.3. The summed E-state index contributed by atoms with van der Waals surface area (Å²) in [5.41, 5.74) is 3.33. The maximum Gasteiger partial charge on any atom is 0.311 e. The summed E-state index contributed by atoms with van der Waals surface area (Å²) >= 11 is 0. The molecule has 2 heterocycles. The predicted octanol–water partition coefficient (Wildman–Crippen LogP) is 5.26. The third-order valence-electron chi connectivity index (χ3n) is 8.61. The number of nitrogens with zero attached hydrogens (tertiary/aromatic N) is 1. The van der Waals surface area contributed by atoms with Crippen molar-refractivity contribution < 1.29 is 9.53 Å². The number of carbonyl (C=O) groups excluding carboxylic acids is 1. The molecule has 162 valence electrons. The average Bonchev–Trinajstić information content (AvgIpc) is 3.02. The van der Waals surface area contributed by atoms with Crippen LogP contribution in [0.15, 0.2) is 42.0 Å². The molecule has 2 aliphatic carbocycles. The van der Waals surface area contributed by atoms with E-state index < -0.39 is 0 Å². The van der Waals surface area contributed by atoms with Crippen LogP contribution in [0.1, 0.15) is 57.9 Å². The number of likely N-dealkylation sites (tertiary alicyclic amines) is 1. The molecule has 5 rings (SSSR count). The minimum absolute atomic E-state index is 0.0341. The molecule has 0 spiro atoms. The van der Waals surface area contributed by atoms with E-state index >= 15 is 0 Å². The average molecular weight is 408 g/mol. The number of hydrogen-bond acceptors (Lipinski definition) is 3. The van der Waals surface area contributed by atoms with Crippen LogP contribution in [0, 0.1) is 29.1 Å². The standard InChI is InChI=1S/C27H37NO2/c1-19-7-6-12-27(2)17-25-22(16-24(19)27)23(26(29)30-25)18-28-13-10-21(11-14-28)15-20-8-4-3-5-9-20/h3-5,8-9,16,19,21-23,25H,6-7,10-15,17-18H2,1-2H3/t19-,22+,23+,25+,27+/m0/s1. The Labute approximate surface area is 181 Å². The molecule has 3 heteroatoms. The summed E-state index contributed by atoms with van der Waals surface area (Å²) in [6, 6.07) is 10.9. The summed E-state index contributed by atoms with van der Waals surface area (Å²) in [5, 5.41) is 0. The molecule has 2 saturated heterocycles. The number of piperidine rings is 1. The highest BCUT2D eigenvalue weighted by Gasteiger charge is 2.52. The molecular weight excluding hydrogens is 370 g/mol. The minimum Gasteiger partial charge on any atom is -0.461 e. The van der Waals surface area contributed by atoms with E-state index in [0.717, 1.165) is 32.0 Å². The minimum atomic E-state index is 0.0341. The fourth-order valence-corrected chi connectivity index (χ4v) is 6.86. The molecule has 0 unspecified atom stereocenters. The number of esters is 1. The van der Waals surface area contributed by atoms with Gasteiger partial charge in [0.2, 0.25) is 0 Å². The third-order valence-corrected chi connectivity index (χ3v) is 8.61. The molecule has 1 aromatic carbocycles. The van der Waals surface area contributed by atoms with Gasteiger partial charge in [-0.15, -0.1) is 0 Å². The monoisotopic (exact) mass is 407 g/mol. The van der Waals surface area contributed by atoms with E-state index in [4.69, 9.17) is 4.74 Å². The van der Waals surface area contributed by atoms with E-state index in [2.05, 4.69) is 55.2 Å². The number of carbonyl (C=O) groups is 1. The molecule has 0 radical (unpaired) electrons. The Morgan fingerprint density at radius 2 is 1.90 bits per heavy atom. The Kier molecular flexibility index (Phi) is 5.51. The van der Waals surface area contributed by atoms with E-state index in [1.807, 2.05) is 0 Å². The van der Waals surface area contributed by atoms with Crippen molar-refractivity contribution in [2.45, 2.75) is 64.9 Å². The fourth-order valence-electron chi connectivity index (χ4n) is 6.86. The molecule has 3 fully saturated rings. The molecule has 0 amide bonds. The molecule has 1 saturated carbocycles. The molecule has 2 aliphatic heterocycles. The lowest BCUT2D eigenvalue weighted by Gasteiger charge is -2.46. The molecule has 5 atom stereocenters. The van der Waals surface area contributed by atoms with Gasteiger partial charge in [-0.2, -0.15) is 0 Å². The summed E-state index contributed by atoms with van der Waals surface area (Å²) in [4.78, 5) is 15.4. The van der Waals surface area contributed by atoms with Gasteiger partial charge in [0.25, 0.3) is 0 Å². The van der Waals surface area contributed by atoms with Gasteiger partial charge < -0.3 is 9.64 Å². The Balaban J connectivity index is 1.22. The number of fused-ring (bicyclic) bond motifs is 2. The molecule has 0 aromatic heterocycles. The van der Waals surface area contributed by atoms with Gasteiger partial charge in [0.05, 0.1) is 5.92 Å². The molecule has 4 aliphatic rings. The van der Waals surface area contributed by atoms with Crippen molar-refractivity contribution in [3.8, 4) is 0 Å². The molecule has 3 nitrogen and oxygen atoms in total. The van der Waals surface area contributed by atoms with Crippen LogP contribution >= 0.6 is 0 Å². The van der Waals surface area contributed by atoms with E-state index in [-0.39, 0.29) is 23.4 Å². The smallest absolute Gasteiger partial charge is 0.311 e. The van der Waals surface area contributed by atoms with Crippen molar-refractivity contribution in [1.29, 1.82) is 0 Å². The predicted molar refractivity (Wildman–Crippen MR) is 120 cm³/mol. The molecule has 0 N–H and O–H groups in total. The Hall–Kier alpha value is -1.61. The van der Waals surface area contributed by atoms with E-state index in [9.17, 15) is 4.79 Å². The lowest BCUT2D eigenvalue weighted by atomic mass is 9.59. The van der Waals surface area contributed by atoms with Gasteiger partial charge in [-0.25, -0.2) is 0 Å². The Bertz CT molecular complexity index is 794. The van der Waals surface area contributed by atoms with Crippen molar-refractivity contribution in [2.75, 3.05) is 19.6 Å². The largest absolute Gasteiger partial charge is 0.461 e. The Morgan fingerprint density at radius 1 is 1.13 bits per heavy atom. The van der Waals surface area contributed by atoms with Gasteiger partial charge in [-0.1, -0.05) is 62.2 Å². The third kappa shape index (κ3) is 3.86. The van der Waals surface area contributed by atoms with Crippen molar-refractivity contribution in [3.05, 3.63) is 47.5 Å². The molecule has 0 bridgehead atoms. The zero-order valence-corrected chi connectivity index (χ0v) is 18.7. The molecule has 1 aromatic rings. The summed E-state index contributed by atoms with van der Waals surface area (Å²) in [6.07, 6.45) is 11.2. The van der Waals surface area contributed by atoms with Crippen LogP contribution in [-0.4, -0.2) is 36.6 Å². The van der Waals surface area contributed by atoms with Crippen molar-refractivity contribution in [1.82, 2.24) is 4.90 Å². The first-order valence-electron chi connectivity index (χ1n) is 12.2. The zero-order valence-electron chi connectivity index (χ0n) is 18.7. The number of rotatable bonds is 4. The van der Waals surface area contributed by atoms with E-state index in [1.165, 1.54) is 44.1 Å². The van der Waals surface area contributed by atoms with Crippen molar-refractivity contribution in [2.24, 2.45) is 29.1 Å². The quantitative estimate of drug-likeness (QED) is 0.504. The van der Waals surface area contributed by atoms with E-state index in [1.54, 1.807) is 5.57 Å². The Morgan fingerprint density at radius 3 is 2.67 bits per heavy atom. The lowest BCUT2D eigenvalue weighted by Crippen LogP contribution is -2.42. The van der Waals surface area contributed by atoms with Crippen LogP contribution in [0.3, 0.4) is 0 Å². The van der Waals surface area contributed by atoms with Crippen LogP contribution < -0.4 is 0 Å². The highest BCUT2D eigenvalue weighted by Crippen LogP contribution is 2.54. The first-order valence-corrected chi connectivity index (χ1v) is 12.2. The summed E-state index contributed by atoms with van der Waals surface area (Å²) in [7, 11) is 0. The number of ether oxygens (including phenoxy) is 1.